The first kappa shape index (κ1) is 19.9. The maximum atomic E-state index is 13.4. The number of nitrogens with one attached hydrogen (secondary N) is 1. The molecular weight excluding hydrogens is 459 g/mol. The molecule has 0 aliphatic carbocycles. The lowest BCUT2D eigenvalue weighted by Crippen LogP contribution is -2.67. The molecule has 150 valence electrons. The van der Waals surface area contributed by atoms with Gasteiger partial charge in [0.2, 0.25) is 10.0 Å². The van der Waals surface area contributed by atoms with Crippen LogP contribution in [-0.2, 0) is 29.7 Å². The summed E-state index contributed by atoms with van der Waals surface area (Å²) in [6.07, 6.45) is 0. The summed E-state index contributed by atoms with van der Waals surface area (Å²) in [5.74, 6) is -1.16. The Hall–Kier alpha value is -0.430. The number of rotatable bonds is 2. The van der Waals surface area contributed by atoms with Crippen molar-refractivity contribution in [3.63, 3.8) is 0 Å². The Kier molecular flexibility index (Phi) is 4.62. The zero-order chi connectivity index (χ0) is 19.8. The van der Waals surface area contributed by atoms with Crippen LogP contribution >= 0.6 is 23.2 Å². The second-order valence-corrected chi connectivity index (χ2v) is 14.0. The largest absolute Gasteiger partial charge is 0.306 e. The average molecular weight is 475 g/mol. The molecule has 0 aromatic heterocycles. The molecule has 4 atom stereocenters. The molecule has 1 aromatic rings. The van der Waals surface area contributed by atoms with Crippen molar-refractivity contribution >= 4 is 52.9 Å². The molecule has 3 heterocycles. The molecule has 0 amide bonds. The highest BCUT2D eigenvalue weighted by Crippen LogP contribution is 2.37. The molecule has 0 spiro atoms. The smallest absolute Gasteiger partial charge is 0.243 e. The Labute approximate surface area is 167 Å². The monoisotopic (exact) mass is 474 g/mol. The zero-order valence-electron chi connectivity index (χ0n) is 13.7. The molecule has 4 rings (SSSR count). The molecule has 3 aliphatic heterocycles. The first-order valence-corrected chi connectivity index (χ1v) is 13.9. The van der Waals surface area contributed by atoms with Gasteiger partial charge in [0, 0.05) is 12.1 Å². The number of hydrogen-bond donors (Lipinski definition) is 1. The summed E-state index contributed by atoms with van der Waals surface area (Å²) in [7, 11) is -11.1. The van der Waals surface area contributed by atoms with Crippen molar-refractivity contribution in [2.45, 2.75) is 29.1 Å². The van der Waals surface area contributed by atoms with Crippen molar-refractivity contribution in [1.29, 1.82) is 0 Å². The Bertz CT molecular complexity index is 1070. The number of sulfonamides is 1. The Morgan fingerprint density at radius 1 is 0.889 bits per heavy atom. The molecule has 0 saturated carbocycles. The average Bonchev–Trinajstić information content (AvgIpc) is 2.98. The van der Waals surface area contributed by atoms with Gasteiger partial charge in [-0.3, -0.25) is 0 Å². The van der Waals surface area contributed by atoms with E-state index in [0.717, 1.165) is 4.31 Å². The molecule has 3 fully saturated rings. The lowest BCUT2D eigenvalue weighted by atomic mass is 10.0. The van der Waals surface area contributed by atoms with Crippen molar-refractivity contribution in [3.05, 3.63) is 28.2 Å². The van der Waals surface area contributed by atoms with E-state index in [2.05, 4.69) is 5.32 Å². The first-order valence-electron chi connectivity index (χ1n) is 8.05. The van der Waals surface area contributed by atoms with E-state index in [1.165, 1.54) is 18.2 Å². The number of benzene rings is 1. The van der Waals surface area contributed by atoms with Crippen LogP contribution in [0.2, 0.25) is 10.0 Å². The number of nitrogens with zero attached hydrogens (tertiary/aromatic N) is 1. The van der Waals surface area contributed by atoms with Gasteiger partial charge >= 0.3 is 0 Å². The van der Waals surface area contributed by atoms with Gasteiger partial charge in [0.05, 0.1) is 50.0 Å². The highest BCUT2D eigenvalue weighted by atomic mass is 35.5. The molecule has 27 heavy (non-hydrogen) atoms. The third-order valence-corrected chi connectivity index (χ3v) is 11.3. The van der Waals surface area contributed by atoms with E-state index in [4.69, 9.17) is 23.2 Å². The minimum atomic E-state index is -4.19. The fourth-order valence-electron chi connectivity index (χ4n) is 4.11. The highest BCUT2D eigenvalue weighted by molar-refractivity contribution is 7.92. The minimum Gasteiger partial charge on any atom is -0.306 e. The van der Waals surface area contributed by atoms with E-state index in [1.54, 1.807) is 0 Å². The lowest BCUT2D eigenvalue weighted by Gasteiger charge is -2.43. The minimum absolute atomic E-state index is 0.0408. The van der Waals surface area contributed by atoms with Crippen LogP contribution in [0.15, 0.2) is 23.1 Å². The summed E-state index contributed by atoms with van der Waals surface area (Å²) in [6.45, 7) is 0. The van der Waals surface area contributed by atoms with Crippen molar-refractivity contribution in [1.82, 2.24) is 9.62 Å². The van der Waals surface area contributed by atoms with Gasteiger partial charge in [-0.25, -0.2) is 25.3 Å². The quantitative estimate of drug-likeness (QED) is 0.636. The van der Waals surface area contributed by atoms with Gasteiger partial charge in [-0.2, -0.15) is 4.31 Å². The van der Waals surface area contributed by atoms with Gasteiger partial charge < -0.3 is 5.32 Å². The second kappa shape index (κ2) is 6.28. The van der Waals surface area contributed by atoms with E-state index in [1.807, 2.05) is 0 Å². The fraction of sp³-hybridized carbons (Fsp3) is 0.571. The number of fused-ring (bicyclic) bond motifs is 2. The molecule has 3 aliphatic rings. The Balaban J connectivity index is 1.84. The molecule has 1 aromatic carbocycles. The van der Waals surface area contributed by atoms with Crippen LogP contribution in [0.4, 0.5) is 0 Å². The summed E-state index contributed by atoms with van der Waals surface area (Å²) in [4.78, 5) is -0.148. The summed E-state index contributed by atoms with van der Waals surface area (Å²) in [5.41, 5.74) is 0. The zero-order valence-corrected chi connectivity index (χ0v) is 17.7. The normalized spacial score (nSPS) is 34.9. The molecule has 8 nitrogen and oxygen atoms in total. The summed E-state index contributed by atoms with van der Waals surface area (Å²) >= 11 is 11.8. The first-order chi connectivity index (χ1) is 12.4. The SMILES string of the molecule is O=S1(=O)C[C@@H]2N[C@@H]3CS(=O)(=O)C[C@@H]3N(S(=O)(=O)c3ccc(Cl)c(Cl)c3)[C@H]2C1. The van der Waals surface area contributed by atoms with Crippen molar-refractivity contribution in [2.24, 2.45) is 0 Å². The van der Waals surface area contributed by atoms with Crippen LogP contribution < -0.4 is 5.32 Å². The molecule has 3 saturated heterocycles. The topological polar surface area (TPSA) is 118 Å². The van der Waals surface area contributed by atoms with Gasteiger partial charge in [-0.15, -0.1) is 0 Å². The lowest BCUT2D eigenvalue weighted by molar-refractivity contribution is 0.160. The molecule has 0 radical (unpaired) electrons. The van der Waals surface area contributed by atoms with E-state index >= 15 is 0 Å². The van der Waals surface area contributed by atoms with Crippen molar-refractivity contribution in [3.8, 4) is 0 Å². The van der Waals surface area contributed by atoms with E-state index < -0.39 is 53.9 Å². The third kappa shape index (κ3) is 3.41. The van der Waals surface area contributed by atoms with Crippen LogP contribution in [-0.4, -0.2) is 76.7 Å². The summed E-state index contributed by atoms with van der Waals surface area (Å²) < 4.78 is 76.3. The van der Waals surface area contributed by atoms with Gasteiger partial charge in [0.25, 0.3) is 0 Å². The Morgan fingerprint density at radius 3 is 1.89 bits per heavy atom. The van der Waals surface area contributed by atoms with Gasteiger partial charge in [0.1, 0.15) is 0 Å². The molecule has 1 N–H and O–H groups in total. The van der Waals surface area contributed by atoms with E-state index in [-0.39, 0.29) is 38.0 Å². The maximum absolute atomic E-state index is 13.4. The molecular formula is C14H16Cl2N2O6S3. The number of hydrogen-bond acceptors (Lipinski definition) is 7. The van der Waals surface area contributed by atoms with Crippen LogP contribution in [0.1, 0.15) is 0 Å². The van der Waals surface area contributed by atoms with Gasteiger partial charge in [-0.1, -0.05) is 23.2 Å². The Morgan fingerprint density at radius 2 is 1.41 bits per heavy atom. The van der Waals surface area contributed by atoms with Crippen LogP contribution in [0.25, 0.3) is 0 Å². The predicted molar refractivity (Wildman–Crippen MR) is 101 cm³/mol. The number of piperazine rings is 1. The standard InChI is InChI=1S/C14H16Cl2N2O6S3/c15-9-2-1-8(3-10(9)16)27(23,24)18-13-6-25(19,20)4-11(13)17-12-5-26(21,22)7-14(12)18/h1-3,11-14,17H,4-7H2/t11-,12+,13-,14-/m0/s1. The summed E-state index contributed by atoms with van der Waals surface area (Å²) in [6, 6.07) is 0.767. The van der Waals surface area contributed by atoms with Gasteiger partial charge in [-0.05, 0) is 18.2 Å². The van der Waals surface area contributed by atoms with E-state index in [9.17, 15) is 25.3 Å². The highest BCUT2D eigenvalue weighted by Gasteiger charge is 2.57. The molecule has 0 bridgehead atoms. The second-order valence-electron chi connectivity index (χ2n) is 7.08. The van der Waals surface area contributed by atoms with E-state index in [0.29, 0.717) is 0 Å². The van der Waals surface area contributed by atoms with Crippen molar-refractivity contribution in [2.75, 3.05) is 23.0 Å². The summed E-state index contributed by atoms with van der Waals surface area (Å²) in [5, 5.41) is 3.27. The number of sulfone groups is 2. The predicted octanol–water partition coefficient (Wildman–Crippen LogP) is -0.0815. The third-order valence-electron chi connectivity index (χ3n) is 5.19. The maximum Gasteiger partial charge on any atom is 0.243 e. The van der Waals surface area contributed by atoms with Crippen LogP contribution in [0.5, 0.6) is 0 Å². The van der Waals surface area contributed by atoms with Gasteiger partial charge in [0.15, 0.2) is 19.7 Å². The number of halogens is 2. The van der Waals surface area contributed by atoms with Crippen LogP contribution in [0.3, 0.4) is 0 Å². The molecule has 0 unspecified atom stereocenters. The fourth-order valence-corrected chi connectivity index (χ4v) is 10.4. The van der Waals surface area contributed by atoms with Crippen molar-refractivity contribution < 1.29 is 25.3 Å². The van der Waals surface area contributed by atoms with Crippen LogP contribution in [0, 0.1) is 0 Å². The molecule has 13 heteroatoms.